The van der Waals surface area contributed by atoms with E-state index in [9.17, 15) is 15.0 Å². The Kier molecular flexibility index (Phi) is 33.9. The summed E-state index contributed by atoms with van der Waals surface area (Å²) in [5, 5.41) is 22.3. The van der Waals surface area contributed by atoms with Gasteiger partial charge in [-0.15, -0.1) is 0 Å². The molecule has 0 aliphatic rings. The Hall–Kier alpha value is -0.870. The van der Waals surface area contributed by atoms with Gasteiger partial charge in [0.15, 0.2) is 0 Å². The van der Waals surface area contributed by atoms with Crippen LogP contribution in [0.25, 0.3) is 0 Å². The Bertz CT molecular complexity index is 565. The van der Waals surface area contributed by atoms with Crippen LogP contribution >= 0.6 is 0 Å². The molecule has 4 nitrogen and oxygen atoms in total. The van der Waals surface area contributed by atoms with Gasteiger partial charge in [-0.25, -0.2) is 0 Å². The van der Waals surface area contributed by atoms with Gasteiger partial charge in [-0.1, -0.05) is 199 Å². The molecule has 1 amide bonds. The van der Waals surface area contributed by atoms with Crippen molar-refractivity contribution in [3.8, 4) is 0 Å². The van der Waals surface area contributed by atoms with Crippen LogP contribution in [-0.2, 0) is 4.79 Å². The maximum Gasteiger partial charge on any atom is 0.220 e. The number of carbonyl (C=O) groups excluding carboxylic acids is 1. The zero-order chi connectivity index (χ0) is 30.8. The van der Waals surface area contributed by atoms with Gasteiger partial charge in [0.2, 0.25) is 5.91 Å². The number of aliphatic hydroxyl groups excluding tert-OH is 2. The fraction of sp³-hybridized carbons (Fsp3) is 0.921. The van der Waals surface area contributed by atoms with Crippen molar-refractivity contribution in [2.24, 2.45) is 0 Å². The quantitative estimate of drug-likeness (QED) is 0.0513. The molecule has 0 bridgehead atoms. The third-order valence-electron chi connectivity index (χ3n) is 8.75. The maximum atomic E-state index is 12.1. The number of rotatable bonds is 34. The van der Waals surface area contributed by atoms with Crippen molar-refractivity contribution in [3.05, 3.63) is 12.2 Å². The molecule has 0 saturated carbocycles. The molecule has 0 aliphatic carbocycles. The third-order valence-corrected chi connectivity index (χ3v) is 8.75. The lowest BCUT2D eigenvalue weighted by Gasteiger charge is -2.19. The zero-order valence-corrected chi connectivity index (χ0v) is 28.5. The van der Waals surface area contributed by atoms with Gasteiger partial charge < -0.3 is 15.5 Å². The molecule has 0 rings (SSSR count). The van der Waals surface area contributed by atoms with E-state index in [1.54, 1.807) is 6.08 Å². The Morgan fingerprint density at radius 1 is 0.548 bits per heavy atom. The molecule has 0 aromatic heterocycles. The molecular weight excluding hydrogens is 518 g/mol. The van der Waals surface area contributed by atoms with Crippen molar-refractivity contribution < 1.29 is 15.0 Å². The van der Waals surface area contributed by atoms with Crippen molar-refractivity contribution in [1.29, 1.82) is 0 Å². The highest BCUT2D eigenvalue weighted by atomic mass is 16.3. The van der Waals surface area contributed by atoms with Gasteiger partial charge in [-0.05, 0) is 12.8 Å². The average Bonchev–Trinajstić information content (AvgIpc) is 2.99. The number of allylic oxidation sites excluding steroid dienone is 1. The summed E-state index contributed by atoms with van der Waals surface area (Å²) in [6, 6.07) is -0.612. The molecule has 3 N–H and O–H groups in total. The number of nitrogens with one attached hydrogen (secondary N) is 1. The number of unbranched alkanes of at least 4 members (excludes halogenated alkanes) is 27. The molecule has 250 valence electrons. The first-order valence-electron chi connectivity index (χ1n) is 18.9. The highest BCUT2D eigenvalue weighted by Crippen LogP contribution is 2.16. The van der Waals surface area contributed by atoms with Gasteiger partial charge >= 0.3 is 0 Å². The largest absolute Gasteiger partial charge is 0.394 e. The fourth-order valence-electron chi connectivity index (χ4n) is 5.83. The maximum absolute atomic E-state index is 12.1. The standard InChI is InChI=1S/C38H75NO3/c1-3-5-7-8-9-10-11-12-13-14-15-16-17-18-19-20-21-22-23-24-25-26-27-28-29-30-32-34-38(42)39-36(35-40)37(41)33-31-6-4-2/h31,33,36-37,40-41H,3-30,32,34-35H2,1-2H3,(H,39,42)/b33-31+. The van der Waals surface area contributed by atoms with Crippen LogP contribution in [0.2, 0.25) is 0 Å². The minimum Gasteiger partial charge on any atom is -0.394 e. The molecule has 0 saturated heterocycles. The van der Waals surface area contributed by atoms with Gasteiger partial charge in [0, 0.05) is 6.42 Å². The summed E-state index contributed by atoms with van der Waals surface area (Å²) in [6.45, 7) is 4.12. The van der Waals surface area contributed by atoms with E-state index in [-0.39, 0.29) is 12.5 Å². The summed E-state index contributed by atoms with van der Waals surface area (Å²) >= 11 is 0. The van der Waals surface area contributed by atoms with Gasteiger partial charge in [0.05, 0.1) is 18.8 Å². The lowest BCUT2D eigenvalue weighted by molar-refractivity contribution is -0.123. The smallest absolute Gasteiger partial charge is 0.220 e. The second-order valence-corrected chi connectivity index (χ2v) is 13.0. The molecule has 0 spiro atoms. The molecular formula is C38H75NO3. The summed E-state index contributed by atoms with van der Waals surface area (Å²) < 4.78 is 0. The van der Waals surface area contributed by atoms with E-state index < -0.39 is 12.1 Å². The van der Waals surface area contributed by atoms with Crippen LogP contribution < -0.4 is 5.32 Å². The van der Waals surface area contributed by atoms with E-state index in [0.29, 0.717) is 6.42 Å². The lowest BCUT2D eigenvalue weighted by atomic mass is 10.0. The first kappa shape index (κ1) is 41.1. The molecule has 0 fully saturated rings. The number of carbonyl (C=O) groups is 1. The normalized spacial score (nSPS) is 13.1. The lowest BCUT2D eigenvalue weighted by Crippen LogP contribution is -2.45. The molecule has 4 heteroatoms. The minimum absolute atomic E-state index is 0.0726. The number of aliphatic hydroxyl groups is 2. The van der Waals surface area contributed by atoms with Crippen molar-refractivity contribution in [3.63, 3.8) is 0 Å². The van der Waals surface area contributed by atoms with Crippen LogP contribution in [0, 0.1) is 0 Å². The Labute approximate surface area is 263 Å². The van der Waals surface area contributed by atoms with Gasteiger partial charge in [-0.2, -0.15) is 0 Å². The van der Waals surface area contributed by atoms with Crippen molar-refractivity contribution in [2.75, 3.05) is 6.61 Å². The second-order valence-electron chi connectivity index (χ2n) is 13.0. The number of amides is 1. The van der Waals surface area contributed by atoms with Crippen molar-refractivity contribution in [1.82, 2.24) is 5.32 Å². The van der Waals surface area contributed by atoms with Crippen LogP contribution in [0.1, 0.15) is 206 Å². The van der Waals surface area contributed by atoms with Crippen LogP contribution in [0.5, 0.6) is 0 Å². The van der Waals surface area contributed by atoms with E-state index in [1.807, 2.05) is 6.08 Å². The van der Waals surface area contributed by atoms with E-state index in [4.69, 9.17) is 0 Å². The highest BCUT2D eigenvalue weighted by Gasteiger charge is 2.17. The number of hydrogen-bond acceptors (Lipinski definition) is 3. The van der Waals surface area contributed by atoms with E-state index in [2.05, 4.69) is 19.2 Å². The highest BCUT2D eigenvalue weighted by molar-refractivity contribution is 5.76. The van der Waals surface area contributed by atoms with Crippen LogP contribution in [-0.4, -0.2) is 34.9 Å². The molecule has 2 atom stereocenters. The monoisotopic (exact) mass is 594 g/mol. The first-order valence-corrected chi connectivity index (χ1v) is 18.9. The van der Waals surface area contributed by atoms with E-state index >= 15 is 0 Å². The van der Waals surface area contributed by atoms with Gasteiger partial charge in [0.1, 0.15) is 0 Å². The molecule has 42 heavy (non-hydrogen) atoms. The average molecular weight is 594 g/mol. The molecule has 0 aliphatic heterocycles. The van der Waals surface area contributed by atoms with Crippen LogP contribution in [0.3, 0.4) is 0 Å². The summed E-state index contributed by atoms with van der Waals surface area (Å²) in [5.41, 5.74) is 0. The Morgan fingerprint density at radius 3 is 1.19 bits per heavy atom. The summed E-state index contributed by atoms with van der Waals surface area (Å²) in [6.07, 6.45) is 42.4. The number of hydrogen-bond donors (Lipinski definition) is 3. The summed E-state index contributed by atoms with van der Waals surface area (Å²) in [4.78, 5) is 12.1. The predicted octanol–water partition coefficient (Wildman–Crippen LogP) is 11.1. The third kappa shape index (κ3) is 30.6. The summed E-state index contributed by atoms with van der Waals surface area (Å²) in [7, 11) is 0. The molecule has 0 aromatic carbocycles. The van der Waals surface area contributed by atoms with E-state index in [0.717, 1.165) is 25.7 Å². The van der Waals surface area contributed by atoms with Gasteiger partial charge in [0.25, 0.3) is 0 Å². The summed E-state index contributed by atoms with van der Waals surface area (Å²) in [5.74, 6) is -0.0726. The van der Waals surface area contributed by atoms with Gasteiger partial charge in [-0.3, -0.25) is 4.79 Å². The minimum atomic E-state index is -0.829. The fourth-order valence-corrected chi connectivity index (χ4v) is 5.83. The van der Waals surface area contributed by atoms with Crippen LogP contribution in [0.4, 0.5) is 0 Å². The van der Waals surface area contributed by atoms with Crippen molar-refractivity contribution in [2.45, 2.75) is 219 Å². The molecule has 2 unspecified atom stereocenters. The topological polar surface area (TPSA) is 69.6 Å². The zero-order valence-electron chi connectivity index (χ0n) is 28.5. The molecule has 0 aromatic rings. The molecule has 0 radical (unpaired) electrons. The second kappa shape index (κ2) is 34.6. The SMILES string of the molecule is CCC/C=C/C(O)C(CO)NC(=O)CCCCCCCCCCCCCCCCCCCCCCCCCCCCC. The van der Waals surface area contributed by atoms with Crippen LogP contribution in [0.15, 0.2) is 12.2 Å². The Morgan fingerprint density at radius 2 is 0.881 bits per heavy atom. The molecule has 0 heterocycles. The van der Waals surface area contributed by atoms with E-state index in [1.165, 1.54) is 161 Å². The predicted molar refractivity (Wildman–Crippen MR) is 184 cm³/mol. The Balaban J connectivity index is 3.29. The first-order chi connectivity index (χ1) is 20.7. The van der Waals surface area contributed by atoms with Crippen molar-refractivity contribution >= 4 is 5.91 Å².